The van der Waals surface area contributed by atoms with Gasteiger partial charge >= 0.3 is 6.03 Å². The number of phenols is 1. The number of methoxy groups -OCH3 is 1. The Morgan fingerprint density at radius 3 is 2.70 bits per heavy atom. The molecule has 0 bridgehead atoms. The molecule has 3 amide bonds. The second-order valence-electron chi connectivity index (χ2n) is 5.87. The van der Waals surface area contributed by atoms with E-state index >= 15 is 0 Å². The van der Waals surface area contributed by atoms with E-state index in [1.165, 1.54) is 19.4 Å². The predicted octanol–water partition coefficient (Wildman–Crippen LogP) is 1.99. The SMILES string of the molecule is COc1ccc(/C=N\N2C(=O)NC3(CCCCC3)C2=O)cc1O. The van der Waals surface area contributed by atoms with Gasteiger partial charge in [0.15, 0.2) is 11.5 Å². The quantitative estimate of drug-likeness (QED) is 0.659. The van der Waals surface area contributed by atoms with Gasteiger partial charge in [0.25, 0.3) is 5.91 Å². The molecule has 23 heavy (non-hydrogen) atoms. The molecule has 0 aromatic heterocycles. The zero-order valence-corrected chi connectivity index (χ0v) is 12.9. The molecular weight excluding hydrogens is 298 g/mol. The number of carbonyl (C=O) groups excluding carboxylic acids is 2. The molecule has 1 saturated heterocycles. The molecule has 7 nitrogen and oxygen atoms in total. The normalized spacial score (nSPS) is 20.3. The van der Waals surface area contributed by atoms with E-state index in [4.69, 9.17) is 4.74 Å². The Balaban J connectivity index is 1.78. The van der Waals surface area contributed by atoms with Crippen molar-refractivity contribution in [2.75, 3.05) is 7.11 Å². The first kappa shape index (κ1) is 15.3. The number of aromatic hydroxyl groups is 1. The van der Waals surface area contributed by atoms with Gasteiger partial charge in [0.1, 0.15) is 5.54 Å². The molecule has 0 unspecified atom stereocenters. The zero-order valence-electron chi connectivity index (χ0n) is 12.9. The average molecular weight is 317 g/mol. The summed E-state index contributed by atoms with van der Waals surface area (Å²) >= 11 is 0. The summed E-state index contributed by atoms with van der Waals surface area (Å²) in [5.41, 5.74) is -0.220. The number of urea groups is 1. The van der Waals surface area contributed by atoms with E-state index in [1.54, 1.807) is 12.1 Å². The fraction of sp³-hybridized carbons (Fsp3) is 0.438. The highest BCUT2D eigenvalue weighted by molar-refractivity contribution is 6.07. The highest BCUT2D eigenvalue weighted by atomic mass is 16.5. The topological polar surface area (TPSA) is 91.2 Å². The van der Waals surface area contributed by atoms with Crippen molar-refractivity contribution in [3.8, 4) is 11.5 Å². The van der Waals surface area contributed by atoms with Gasteiger partial charge in [0, 0.05) is 0 Å². The lowest BCUT2D eigenvalue weighted by atomic mass is 9.82. The van der Waals surface area contributed by atoms with Crippen LogP contribution in [0.2, 0.25) is 0 Å². The van der Waals surface area contributed by atoms with Crippen molar-refractivity contribution in [3.63, 3.8) is 0 Å². The zero-order chi connectivity index (χ0) is 16.4. The standard InChI is InChI=1S/C16H19N3O4/c1-23-13-6-5-11(9-12(13)20)10-17-19-14(21)16(18-15(19)22)7-3-2-4-8-16/h5-6,9-10,20H,2-4,7-8H2,1H3,(H,18,22)/b17-10-. The Morgan fingerprint density at radius 1 is 1.30 bits per heavy atom. The van der Waals surface area contributed by atoms with E-state index in [0.717, 1.165) is 24.3 Å². The summed E-state index contributed by atoms with van der Waals surface area (Å²) in [6.45, 7) is 0. The molecule has 0 radical (unpaired) electrons. The number of amides is 3. The summed E-state index contributed by atoms with van der Waals surface area (Å²) in [4.78, 5) is 24.6. The monoisotopic (exact) mass is 317 g/mol. The molecule has 2 aliphatic rings. The fourth-order valence-electron chi connectivity index (χ4n) is 3.12. The van der Waals surface area contributed by atoms with Crippen LogP contribution in [0.1, 0.15) is 37.7 Å². The van der Waals surface area contributed by atoms with Gasteiger partial charge in [-0.3, -0.25) is 4.79 Å². The Labute approximate surface area is 133 Å². The second-order valence-corrected chi connectivity index (χ2v) is 5.87. The van der Waals surface area contributed by atoms with Crippen molar-refractivity contribution in [2.45, 2.75) is 37.6 Å². The Kier molecular flexibility index (Phi) is 3.94. The van der Waals surface area contributed by atoms with Crippen molar-refractivity contribution >= 4 is 18.2 Å². The van der Waals surface area contributed by atoms with Crippen LogP contribution in [-0.2, 0) is 4.79 Å². The van der Waals surface area contributed by atoms with Gasteiger partial charge in [0.2, 0.25) is 0 Å². The van der Waals surface area contributed by atoms with Crippen LogP contribution in [0.25, 0.3) is 0 Å². The first-order chi connectivity index (χ1) is 11.1. The summed E-state index contributed by atoms with van der Waals surface area (Å²) in [6, 6.07) is 4.23. The van der Waals surface area contributed by atoms with Crippen molar-refractivity contribution < 1.29 is 19.4 Å². The Hall–Kier alpha value is -2.57. The van der Waals surface area contributed by atoms with Crippen LogP contribution in [0, 0.1) is 0 Å². The van der Waals surface area contributed by atoms with E-state index in [1.807, 2.05) is 0 Å². The van der Waals surface area contributed by atoms with Gasteiger partial charge in [-0.15, -0.1) is 5.01 Å². The molecule has 122 valence electrons. The second kappa shape index (κ2) is 5.91. The number of phenolic OH excluding ortho intramolecular Hbond substituents is 1. The molecule has 1 aromatic carbocycles. The smallest absolute Gasteiger partial charge is 0.346 e. The minimum atomic E-state index is -0.783. The number of hydrogen-bond acceptors (Lipinski definition) is 5. The summed E-state index contributed by atoms with van der Waals surface area (Å²) < 4.78 is 4.96. The van der Waals surface area contributed by atoms with Crippen molar-refractivity contribution in [1.82, 2.24) is 10.3 Å². The van der Waals surface area contributed by atoms with Crippen molar-refractivity contribution in [2.24, 2.45) is 5.10 Å². The molecule has 1 aliphatic heterocycles. The first-order valence-corrected chi connectivity index (χ1v) is 7.63. The fourth-order valence-corrected chi connectivity index (χ4v) is 3.12. The number of nitrogens with one attached hydrogen (secondary N) is 1. The number of carbonyl (C=O) groups is 2. The minimum absolute atomic E-state index is 0.0302. The van der Waals surface area contributed by atoms with Gasteiger partial charge < -0.3 is 15.2 Å². The van der Waals surface area contributed by atoms with Gasteiger partial charge in [-0.2, -0.15) is 5.10 Å². The molecule has 1 aliphatic carbocycles. The van der Waals surface area contributed by atoms with Crippen LogP contribution in [0.5, 0.6) is 11.5 Å². The van der Waals surface area contributed by atoms with Crippen LogP contribution in [0.4, 0.5) is 4.79 Å². The van der Waals surface area contributed by atoms with Crippen LogP contribution >= 0.6 is 0 Å². The van der Waals surface area contributed by atoms with E-state index in [9.17, 15) is 14.7 Å². The van der Waals surface area contributed by atoms with Gasteiger partial charge in [-0.1, -0.05) is 19.3 Å². The molecule has 3 rings (SSSR count). The van der Waals surface area contributed by atoms with Crippen LogP contribution in [0.3, 0.4) is 0 Å². The van der Waals surface area contributed by atoms with Gasteiger partial charge in [0.05, 0.1) is 13.3 Å². The molecule has 2 fully saturated rings. The molecule has 1 aromatic rings. The molecule has 1 saturated carbocycles. The molecule has 1 heterocycles. The Morgan fingerprint density at radius 2 is 2.04 bits per heavy atom. The molecule has 1 spiro atoms. The largest absolute Gasteiger partial charge is 0.504 e. The maximum atomic E-state index is 12.5. The average Bonchev–Trinajstić information content (AvgIpc) is 2.77. The summed E-state index contributed by atoms with van der Waals surface area (Å²) in [5, 5.41) is 17.4. The van der Waals surface area contributed by atoms with Gasteiger partial charge in [-0.05, 0) is 36.6 Å². The van der Waals surface area contributed by atoms with Crippen LogP contribution in [0.15, 0.2) is 23.3 Å². The van der Waals surface area contributed by atoms with E-state index in [-0.39, 0.29) is 11.7 Å². The number of benzene rings is 1. The number of imide groups is 1. The minimum Gasteiger partial charge on any atom is -0.504 e. The van der Waals surface area contributed by atoms with E-state index in [0.29, 0.717) is 24.2 Å². The molecule has 2 N–H and O–H groups in total. The summed E-state index contributed by atoms with van der Waals surface area (Å²) in [5.74, 6) is 0.0203. The summed E-state index contributed by atoms with van der Waals surface area (Å²) in [7, 11) is 1.46. The van der Waals surface area contributed by atoms with Crippen LogP contribution in [-0.4, -0.2) is 40.9 Å². The first-order valence-electron chi connectivity index (χ1n) is 7.63. The number of hydrogen-bond donors (Lipinski definition) is 2. The lowest BCUT2D eigenvalue weighted by Crippen LogP contribution is -2.48. The Bertz CT molecular complexity index is 665. The number of hydrazone groups is 1. The van der Waals surface area contributed by atoms with Gasteiger partial charge in [-0.25, -0.2) is 4.79 Å². The third-order valence-electron chi connectivity index (χ3n) is 4.37. The summed E-state index contributed by atoms with van der Waals surface area (Å²) in [6.07, 6.45) is 5.63. The predicted molar refractivity (Wildman–Crippen MR) is 83.4 cm³/mol. The third kappa shape index (κ3) is 2.74. The number of rotatable bonds is 3. The van der Waals surface area contributed by atoms with E-state index < -0.39 is 11.6 Å². The molecular formula is C16H19N3O4. The number of ether oxygens (including phenoxy) is 1. The van der Waals surface area contributed by atoms with Crippen molar-refractivity contribution in [1.29, 1.82) is 0 Å². The lowest BCUT2D eigenvalue weighted by molar-refractivity contribution is -0.132. The highest BCUT2D eigenvalue weighted by Crippen LogP contribution is 2.33. The molecule has 0 atom stereocenters. The third-order valence-corrected chi connectivity index (χ3v) is 4.37. The van der Waals surface area contributed by atoms with Crippen LogP contribution < -0.4 is 10.1 Å². The van der Waals surface area contributed by atoms with E-state index in [2.05, 4.69) is 10.4 Å². The highest BCUT2D eigenvalue weighted by Gasteiger charge is 2.51. The molecule has 7 heteroatoms. The maximum absolute atomic E-state index is 12.5. The number of nitrogens with zero attached hydrogens (tertiary/aromatic N) is 2. The van der Waals surface area contributed by atoms with Crippen molar-refractivity contribution in [3.05, 3.63) is 23.8 Å². The lowest BCUT2D eigenvalue weighted by Gasteiger charge is -2.29. The maximum Gasteiger partial charge on any atom is 0.346 e.